The van der Waals surface area contributed by atoms with E-state index in [-0.39, 0.29) is 118 Å². The van der Waals surface area contributed by atoms with E-state index in [0.717, 1.165) is 43.2 Å². The van der Waals surface area contributed by atoms with Crippen LogP contribution < -0.4 is 138 Å². The minimum absolute atomic E-state index is 0.00106. The van der Waals surface area contributed by atoms with Crippen LogP contribution in [0, 0.1) is 0 Å². The van der Waals surface area contributed by atoms with E-state index in [9.17, 15) is 116 Å². The largest absolute Gasteiger partial charge is 0.508 e. The molecule has 4 heterocycles. The lowest BCUT2D eigenvalue weighted by molar-refractivity contribution is -0.142. The van der Waals surface area contributed by atoms with Gasteiger partial charge in [-0.3, -0.25) is 110 Å². The summed E-state index contributed by atoms with van der Waals surface area (Å²) in [6.07, 6.45) is -1.77. The third-order valence-electron chi connectivity index (χ3n) is 23.3. The normalized spacial score (nSPS) is 22.8. The number of hydrogen-bond donors (Lipinski definition) is 27. The molecule has 22 amide bonds. The summed E-state index contributed by atoms with van der Waals surface area (Å²) in [4.78, 5) is 302. The number of phenols is 2. The zero-order chi connectivity index (χ0) is 109. The van der Waals surface area contributed by atoms with Crippen molar-refractivity contribution in [1.82, 2.24) is 84.2 Å². The number of benzene rings is 4. The van der Waals surface area contributed by atoms with Crippen molar-refractivity contribution in [2.75, 3.05) is 62.3 Å². The highest BCUT2D eigenvalue weighted by molar-refractivity contribution is 8.77. The third kappa shape index (κ3) is 41.7. The molecule has 4 fully saturated rings. The Morgan fingerprint density at radius 3 is 1.01 bits per heavy atom. The molecule has 4 aromatic carbocycles. The summed E-state index contributed by atoms with van der Waals surface area (Å²) in [5.74, 6) is -20.5. The van der Waals surface area contributed by atoms with E-state index in [4.69, 9.17) is 63.1 Å². The Morgan fingerprint density at radius 1 is 0.372 bits per heavy atom. The molecule has 806 valence electrons. The number of rotatable bonds is 38. The fraction of sp³-hybridized carbons (Fsp3) is 0.489. The number of guanidine groups is 1. The molecule has 148 heavy (non-hydrogen) atoms. The average molecular weight is 2140 g/mol. The Morgan fingerprint density at radius 2 is 0.682 bits per heavy atom. The first kappa shape index (κ1) is 120. The number of nitrogens with two attached hydrogens (primary N) is 11. The van der Waals surface area contributed by atoms with E-state index in [2.05, 4.69) is 79.4 Å². The first-order valence-electron chi connectivity index (χ1n) is 47.3. The summed E-state index contributed by atoms with van der Waals surface area (Å²) in [6.45, 7) is -0.590. The van der Waals surface area contributed by atoms with E-state index in [1.54, 1.807) is 60.7 Å². The molecule has 0 aromatic heterocycles. The molecule has 0 saturated carbocycles. The van der Waals surface area contributed by atoms with Gasteiger partial charge >= 0.3 is 0 Å². The van der Waals surface area contributed by atoms with Crippen LogP contribution in [0.3, 0.4) is 0 Å². The topological polar surface area (TPSA) is 889 Å². The molecular weight excluding hydrogens is 2010 g/mol. The van der Waals surface area contributed by atoms with Gasteiger partial charge in [-0.05, 0) is 124 Å². The van der Waals surface area contributed by atoms with Crippen LogP contribution in [0.5, 0.6) is 11.5 Å². The third-order valence-corrected chi connectivity index (χ3v) is 28.2. The SMILES string of the molecule is NC(=O)CCC1NC(=O)C(Cc2ccccc2)NC(=O)C(Cc2ccc(O)cc2)NC(=O)C(N)CSSCC(C(=O)N2CCCC2C(=O)NC(CCCN=C(N)N)C(=O)NCC(N)=O)NC(=O)C(CC(N)=O)NC1=O.NCCCCC(NC(=O)C1CCCN1C(=O)C1CSSCC(N)C(=O)NC(Cc2ccc(O)cc2)C(=O)NC(Cc2ccccc2)C(=O)NC(CCC(N)=O)C(=O)NC(CC(N)=O)C(=O)N1)C(=O)NCC(N)=O. The van der Waals surface area contributed by atoms with Crippen LogP contribution in [-0.2, 0) is 131 Å². The second-order valence-electron chi connectivity index (χ2n) is 35.0. The molecule has 4 saturated heterocycles. The molecule has 52 nitrogen and oxygen atoms in total. The van der Waals surface area contributed by atoms with E-state index in [1.165, 1.54) is 58.3 Å². The standard InChI is InChI=1S/C46H65N15O12S2.C46H65N13O12S2/c47-27-22-74-75-23-33(45(73)61-17-5-9-34(61)44(72)56-28(8-4-16-53-46(51)52)39(67)54-21-37(50)65)60-43(71)32(20-36(49)64)59-40(68)29(14-15-35(48)63)55-41(69)31(18-24-6-2-1-3-7-24)58-42(70)30(57-38(27)66)19-25-10-12-26(62)13-11-25;47-17-5-4-9-29(40(65)52-22-38(51)63)54-45(70)35-10-6-18-59(35)46(71)34-24-73-72-23-28(48)39(64)55-31(20-26-11-13-27(60)14-12-26)43(68)56-32(19-25-7-2-1-3-8-25)42(67)53-30(15-16-36(49)61)41(66)57-33(21-37(50)62)44(69)58-34/h1-3,6-7,10-13,27-34,62H,4-5,8-9,14-23,47H2,(H2,48,63)(H2,49,64)(H2,50,65)(H,54,67)(H,55,69)(H,56,72)(H,57,66)(H,58,70)(H,59,68)(H,60,71)(H4,51,52,53);1-3,7-8,11-14,28-35,60H,4-6,9-10,15-24,47-48H2,(H2,49,61)(H2,50,62)(H2,51,63)(H,52,65)(H,53,67)(H,54,70)(H,55,64)(H,56,68)(H,57,66)(H,58,69). The van der Waals surface area contributed by atoms with Gasteiger partial charge in [0, 0.05) is 81.2 Å². The fourth-order valence-electron chi connectivity index (χ4n) is 15.6. The highest BCUT2D eigenvalue weighted by atomic mass is 33.1. The van der Waals surface area contributed by atoms with Crippen molar-refractivity contribution in [3.63, 3.8) is 0 Å². The van der Waals surface area contributed by atoms with Crippen LogP contribution >= 0.6 is 43.2 Å². The molecule has 4 aliphatic heterocycles. The Bertz CT molecular complexity index is 5360. The van der Waals surface area contributed by atoms with Gasteiger partial charge in [0.25, 0.3) is 0 Å². The predicted molar refractivity (Wildman–Crippen MR) is 544 cm³/mol. The summed E-state index contributed by atoms with van der Waals surface area (Å²) in [6, 6.07) is 5.89. The number of likely N-dealkylation sites (tertiary alicyclic amines) is 2. The minimum atomic E-state index is -1.80. The molecule has 16 atom stereocenters. The summed E-state index contributed by atoms with van der Waals surface area (Å²) in [7, 11) is 4.02. The van der Waals surface area contributed by atoms with Gasteiger partial charge in [0.15, 0.2) is 5.96 Å². The van der Waals surface area contributed by atoms with Gasteiger partial charge < -0.3 is 158 Å². The van der Waals surface area contributed by atoms with Crippen LogP contribution in [-0.4, -0.2) is 315 Å². The monoisotopic (exact) mass is 2140 g/mol. The average Bonchev–Trinajstić information content (AvgIpc) is 1.72. The number of phenolic OH excluding ortho intramolecular Hbond substituents is 2. The Kier molecular flexibility index (Phi) is 50.2. The van der Waals surface area contributed by atoms with Gasteiger partial charge in [-0.1, -0.05) is 128 Å². The summed E-state index contributed by atoms with van der Waals surface area (Å²) >= 11 is 0. The molecule has 16 unspecified atom stereocenters. The summed E-state index contributed by atoms with van der Waals surface area (Å²) in [5.41, 5.74) is 63.6. The van der Waals surface area contributed by atoms with E-state index in [0.29, 0.717) is 54.5 Å². The number of primary amides is 6. The predicted octanol–water partition coefficient (Wildman–Crippen LogP) is -9.73. The highest BCUT2D eigenvalue weighted by Crippen LogP contribution is 2.29. The molecule has 4 aliphatic rings. The molecule has 0 aliphatic carbocycles. The lowest BCUT2D eigenvalue weighted by atomic mass is 10.0. The maximum absolute atomic E-state index is 14.6. The highest BCUT2D eigenvalue weighted by Gasteiger charge is 2.45. The second kappa shape index (κ2) is 61.7. The van der Waals surface area contributed by atoms with Crippen molar-refractivity contribution in [3.8, 4) is 11.5 Å². The lowest BCUT2D eigenvalue weighted by Crippen LogP contribution is -2.61. The number of amides is 22. The van der Waals surface area contributed by atoms with Crippen LogP contribution in [0.25, 0.3) is 0 Å². The number of nitrogens with zero attached hydrogens (tertiary/aromatic N) is 3. The van der Waals surface area contributed by atoms with E-state index >= 15 is 0 Å². The second-order valence-corrected chi connectivity index (χ2v) is 40.1. The molecule has 0 bridgehead atoms. The number of carbonyl (C=O) groups excluding carboxylic acids is 22. The minimum Gasteiger partial charge on any atom is -0.508 e. The van der Waals surface area contributed by atoms with Crippen molar-refractivity contribution in [1.29, 1.82) is 0 Å². The quantitative estimate of drug-likeness (QED) is 0.00857. The Hall–Kier alpha value is -14.6. The maximum atomic E-state index is 14.6. The zero-order valence-electron chi connectivity index (χ0n) is 80.8. The number of unbranched alkanes of at least 4 members (excludes halogenated alkanes) is 1. The van der Waals surface area contributed by atoms with Crippen molar-refractivity contribution < 1.29 is 116 Å². The lowest BCUT2D eigenvalue weighted by Gasteiger charge is -2.31. The van der Waals surface area contributed by atoms with Gasteiger partial charge in [0.2, 0.25) is 130 Å². The number of nitrogens with one attached hydrogen (secondary N) is 14. The number of carbonyl (C=O) groups is 22. The molecule has 4 aromatic rings. The number of aliphatic imine (C=N–C) groups is 1. The molecule has 0 radical (unpaired) electrons. The van der Waals surface area contributed by atoms with Gasteiger partial charge in [-0.15, -0.1) is 0 Å². The molecule has 38 N–H and O–H groups in total. The van der Waals surface area contributed by atoms with Crippen LogP contribution in [0.1, 0.15) is 119 Å². The van der Waals surface area contributed by atoms with E-state index in [1.807, 2.05) is 0 Å². The fourth-order valence-corrected chi connectivity index (χ4v) is 20.1. The molecule has 0 spiro atoms. The van der Waals surface area contributed by atoms with Gasteiger partial charge in [0.05, 0.1) is 38.0 Å². The van der Waals surface area contributed by atoms with Gasteiger partial charge in [-0.25, -0.2) is 0 Å². The molecular formula is C92H130N28O24S4. The Balaban J connectivity index is 0.000000401. The Labute approximate surface area is 866 Å². The molecule has 56 heteroatoms. The van der Waals surface area contributed by atoms with Crippen LogP contribution in [0.15, 0.2) is 114 Å². The van der Waals surface area contributed by atoms with E-state index < -0.39 is 278 Å². The summed E-state index contributed by atoms with van der Waals surface area (Å²) < 4.78 is 0. The van der Waals surface area contributed by atoms with Crippen molar-refractivity contribution in [2.24, 2.45) is 68.1 Å². The van der Waals surface area contributed by atoms with Crippen molar-refractivity contribution in [2.45, 2.75) is 219 Å². The first-order chi connectivity index (χ1) is 70.4. The zero-order valence-corrected chi connectivity index (χ0v) is 84.1. The maximum Gasteiger partial charge on any atom is 0.246 e. The van der Waals surface area contributed by atoms with Crippen molar-refractivity contribution in [3.05, 3.63) is 131 Å². The van der Waals surface area contributed by atoms with Gasteiger partial charge in [0.1, 0.15) is 96.1 Å². The van der Waals surface area contributed by atoms with Crippen molar-refractivity contribution >= 4 is 179 Å². The number of aromatic hydroxyl groups is 2. The first-order valence-corrected chi connectivity index (χ1v) is 52.2. The van der Waals surface area contributed by atoms with Crippen LogP contribution in [0.2, 0.25) is 0 Å². The van der Waals surface area contributed by atoms with Crippen LogP contribution in [0.4, 0.5) is 0 Å². The number of hydrogen-bond acceptors (Lipinski definition) is 32. The summed E-state index contributed by atoms with van der Waals surface area (Å²) in [5, 5.41) is 55.4. The smallest absolute Gasteiger partial charge is 0.246 e. The van der Waals surface area contributed by atoms with Gasteiger partial charge in [-0.2, -0.15) is 0 Å². The molecule has 8 rings (SSSR count).